The molecule has 0 bridgehead atoms. The number of carbonyl (C=O) groups excluding carboxylic acids is 2. The fourth-order valence-corrected chi connectivity index (χ4v) is 1.35. The number of amides is 1. The third-order valence-corrected chi connectivity index (χ3v) is 2.06. The molecule has 5 heteroatoms. The van der Waals surface area contributed by atoms with Crippen LogP contribution in [0.25, 0.3) is 0 Å². The van der Waals surface area contributed by atoms with Gasteiger partial charge in [-0.15, -0.1) is 0 Å². The maximum atomic E-state index is 11.7. The minimum Gasteiger partial charge on any atom is -0.491 e. The quantitative estimate of drug-likeness (QED) is 0.629. The Morgan fingerprint density at radius 1 is 1.29 bits per heavy atom. The predicted molar refractivity (Wildman–Crippen MR) is 62.1 cm³/mol. The Hall–Kier alpha value is -2.17. The molecular formula is C12H14N2O3. The van der Waals surface area contributed by atoms with Gasteiger partial charge >= 0.3 is 0 Å². The molecule has 1 N–H and O–H groups in total. The smallest absolute Gasteiger partial charge is 0.274 e. The first kappa shape index (κ1) is 12.9. The van der Waals surface area contributed by atoms with Gasteiger partial charge in [-0.05, 0) is 19.1 Å². The van der Waals surface area contributed by atoms with E-state index in [4.69, 9.17) is 4.74 Å². The zero-order valence-corrected chi connectivity index (χ0v) is 9.98. The van der Waals surface area contributed by atoms with E-state index in [0.29, 0.717) is 5.70 Å². The van der Waals surface area contributed by atoms with E-state index in [-0.39, 0.29) is 23.1 Å². The number of hydrogen-bond acceptors (Lipinski definition) is 4. The lowest BCUT2D eigenvalue weighted by Crippen LogP contribution is -2.25. The van der Waals surface area contributed by atoms with Crippen LogP contribution in [0.15, 0.2) is 35.9 Å². The summed E-state index contributed by atoms with van der Waals surface area (Å²) in [6.45, 7) is 2.97. The summed E-state index contributed by atoms with van der Waals surface area (Å²) in [6.07, 6.45) is 1.52. The van der Waals surface area contributed by atoms with Crippen molar-refractivity contribution in [3.8, 4) is 0 Å². The Bertz CT molecular complexity index is 452. The summed E-state index contributed by atoms with van der Waals surface area (Å²) in [5.74, 6) is -0.487. The van der Waals surface area contributed by atoms with Crippen LogP contribution >= 0.6 is 0 Å². The van der Waals surface area contributed by atoms with Crippen LogP contribution in [0.1, 0.15) is 24.3 Å². The van der Waals surface area contributed by atoms with E-state index in [1.54, 1.807) is 25.1 Å². The van der Waals surface area contributed by atoms with Crippen molar-refractivity contribution in [3.63, 3.8) is 0 Å². The Kier molecular flexibility index (Phi) is 4.39. The first-order chi connectivity index (χ1) is 8.06. The molecule has 0 atom stereocenters. The number of allylic oxidation sites excluding steroid dienone is 2. The number of methoxy groups -OCH3 is 1. The van der Waals surface area contributed by atoms with E-state index in [0.717, 1.165) is 0 Å². The van der Waals surface area contributed by atoms with Crippen molar-refractivity contribution in [2.24, 2.45) is 0 Å². The van der Waals surface area contributed by atoms with Gasteiger partial charge in [0.2, 0.25) is 0 Å². The van der Waals surface area contributed by atoms with E-state index in [2.05, 4.69) is 10.3 Å². The molecule has 1 aromatic rings. The first-order valence-electron chi connectivity index (χ1n) is 5.04. The number of Topliss-reactive ketones (excluding diaryl/α,β-unsaturated/α-hetero) is 1. The highest BCUT2D eigenvalue weighted by atomic mass is 16.5. The lowest BCUT2D eigenvalue weighted by atomic mass is 10.2. The topological polar surface area (TPSA) is 68.3 Å². The largest absolute Gasteiger partial charge is 0.491 e. The molecule has 0 saturated heterocycles. The third kappa shape index (κ3) is 3.41. The summed E-state index contributed by atoms with van der Waals surface area (Å²) in [6, 6.07) is 5.02. The van der Waals surface area contributed by atoms with Gasteiger partial charge in [-0.25, -0.2) is 0 Å². The fraction of sp³-hybridized carbons (Fsp3) is 0.250. The zero-order valence-electron chi connectivity index (χ0n) is 9.98. The number of hydrogen-bond donors (Lipinski definition) is 1. The van der Waals surface area contributed by atoms with Crippen molar-refractivity contribution in [1.29, 1.82) is 0 Å². The molecule has 0 aliphatic rings. The fourth-order valence-electron chi connectivity index (χ4n) is 1.35. The van der Waals surface area contributed by atoms with Crippen LogP contribution in [0.3, 0.4) is 0 Å². The van der Waals surface area contributed by atoms with E-state index in [1.807, 2.05) is 0 Å². The minimum absolute atomic E-state index is 0.134. The number of rotatable bonds is 4. The van der Waals surface area contributed by atoms with Crippen LogP contribution in [0.5, 0.6) is 0 Å². The molecule has 0 radical (unpaired) electrons. The molecule has 0 aromatic carbocycles. The van der Waals surface area contributed by atoms with Crippen LogP contribution < -0.4 is 5.32 Å². The van der Waals surface area contributed by atoms with E-state index < -0.39 is 0 Å². The Morgan fingerprint density at radius 2 is 2.00 bits per heavy atom. The van der Waals surface area contributed by atoms with Gasteiger partial charge < -0.3 is 10.1 Å². The van der Waals surface area contributed by atoms with E-state index in [1.165, 1.54) is 20.2 Å². The molecule has 1 amide bonds. The van der Waals surface area contributed by atoms with E-state index in [9.17, 15) is 9.59 Å². The number of nitrogens with zero attached hydrogens (tertiary/aromatic N) is 1. The molecule has 17 heavy (non-hydrogen) atoms. The summed E-state index contributed by atoms with van der Waals surface area (Å²) < 4.78 is 4.91. The van der Waals surface area contributed by atoms with Crippen molar-refractivity contribution >= 4 is 11.7 Å². The Morgan fingerprint density at radius 3 is 2.47 bits per heavy atom. The molecule has 0 saturated carbocycles. The third-order valence-electron chi connectivity index (χ3n) is 2.06. The Labute approximate surface area is 99.5 Å². The van der Waals surface area contributed by atoms with Crippen molar-refractivity contribution in [1.82, 2.24) is 10.3 Å². The van der Waals surface area contributed by atoms with Gasteiger partial charge in [0, 0.05) is 13.1 Å². The molecular weight excluding hydrogens is 220 g/mol. The summed E-state index contributed by atoms with van der Waals surface area (Å²) >= 11 is 0. The predicted octanol–water partition coefficient (Wildman–Crippen LogP) is 1.28. The van der Waals surface area contributed by atoms with Gasteiger partial charge in [-0.2, -0.15) is 0 Å². The second-order valence-electron chi connectivity index (χ2n) is 3.38. The molecule has 1 rings (SSSR count). The zero-order chi connectivity index (χ0) is 12.8. The monoisotopic (exact) mass is 234 g/mol. The van der Waals surface area contributed by atoms with Gasteiger partial charge in [-0.3, -0.25) is 14.6 Å². The van der Waals surface area contributed by atoms with Crippen molar-refractivity contribution in [3.05, 3.63) is 41.5 Å². The molecule has 0 fully saturated rings. The summed E-state index contributed by atoms with van der Waals surface area (Å²) in [4.78, 5) is 26.8. The van der Waals surface area contributed by atoms with Crippen molar-refractivity contribution in [2.45, 2.75) is 13.8 Å². The van der Waals surface area contributed by atoms with Crippen LogP contribution in [-0.4, -0.2) is 23.8 Å². The van der Waals surface area contributed by atoms with Gasteiger partial charge in [0.05, 0.1) is 12.8 Å². The average Bonchev–Trinajstić information content (AvgIpc) is 2.30. The second-order valence-corrected chi connectivity index (χ2v) is 3.38. The molecule has 1 aromatic heterocycles. The number of pyridine rings is 1. The molecule has 0 aliphatic heterocycles. The second kappa shape index (κ2) is 5.79. The molecule has 0 spiro atoms. The van der Waals surface area contributed by atoms with E-state index >= 15 is 0 Å². The number of carbonyl (C=O) groups is 2. The first-order valence-corrected chi connectivity index (χ1v) is 5.04. The normalized spacial score (nSPS) is 11.5. The number of nitrogens with one attached hydrogen (secondary N) is 1. The minimum atomic E-state index is -0.376. The summed E-state index contributed by atoms with van der Waals surface area (Å²) in [7, 11) is 1.38. The lowest BCUT2D eigenvalue weighted by molar-refractivity contribution is -0.116. The standard InChI is InChI=1S/C12H14N2O3/c1-8(11(17-3)9(2)15)14-12(16)10-6-4-5-7-13-10/h4-7H,1-3H3,(H,14,16)/b11-8+. The highest BCUT2D eigenvalue weighted by molar-refractivity contribution is 5.96. The van der Waals surface area contributed by atoms with Crippen LogP contribution in [0, 0.1) is 0 Å². The summed E-state index contributed by atoms with van der Waals surface area (Å²) in [5.41, 5.74) is 0.654. The van der Waals surface area contributed by atoms with Gasteiger partial charge in [0.15, 0.2) is 11.5 Å². The maximum Gasteiger partial charge on any atom is 0.274 e. The highest BCUT2D eigenvalue weighted by Crippen LogP contribution is 2.04. The molecule has 1 heterocycles. The maximum absolute atomic E-state index is 11.7. The molecule has 90 valence electrons. The molecule has 0 unspecified atom stereocenters. The van der Waals surface area contributed by atoms with Gasteiger partial charge in [0.1, 0.15) is 5.69 Å². The number of aromatic nitrogens is 1. The number of ketones is 1. The SMILES string of the molecule is CO/C(C(C)=O)=C(\C)NC(=O)c1ccccn1. The van der Waals surface area contributed by atoms with Gasteiger partial charge in [0.25, 0.3) is 5.91 Å². The summed E-state index contributed by atoms with van der Waals surface area (Å²) in [5, 5.41) is 2.56. The number of ether oxygens (including phenoxy) is 1. The Balaban J connectivity index is 2.86. The van der Waals surface area contributed by atoms with Crippen molar-refractivity contribution < 1.29 is 14.3 Å². The lowest BCUT2D eigenvalue weighted by Gasteiger charge is -2.09. The van der Waals surface area contributed by atoms with Crippen molar-refractivity contribution in [2.75, 3.05) is 7.11 Å². The van der Waals surface area contributed by atoms with Crippen LogP contribution in [0.4, 0.5) is 0 Å². The van der Waals surface area contributed by atoms with Gasteiger partial charge in [-0.1, -0.05) is 6.07 Å². The average molecular weight is 234 g/mol. The molecule has 0 aliphatic carbocycles. The van der Waals surface area contributed by atoms with Crippen LogP contribution in [0.2, 0.25) is 0 Å². The highest BCUT2D eigenvalue weighted by Gasteiger charge is 2.12. The van der Waals surface area contributed by atoms with Crippen LogP contribution in [-0.2, 0) is 9.53 Å². The molecule has 5 nitrogen and oxygen atoms in total.